The second kappa shape index (κ2) is 8.27. The highest BCUT2D eigenvalue weighted by molar-refractivity contribution is 9.10. The summed E-state index contributed by atoms with van der Waals surface area (Å²) in [4.78, 5) is 11.9. The molecule has 0 atom stereocenters. The second-order valence-electron chi connectivity index (χ2n) is 7.23. The van der Waals surface area contributed by atoms with Gasteiger partial charge in [-0.2, -0.15) is 4.31 Å². The lowest BCUT2D eigenvalue weighted by Gasteiger charge is -2.39. The van der Waals surface area contributed by atoms with Gasteiger partial charge in [0.2, 0.25) is 15.8 Å². The normalized spacial score (nSPS) is 17.9. The molecule has 0 saturated carbocycles. The fourth-order valence-electron chi connectivity index (χ4n) is 3.84. The Balaban J connectivity index is 1.60. The van der Waals surface area contributed by atoms with Gasteiger partial charge in [-0.15, -0.1) is 0 Å². The third-order valence-electron chi connectivity index (χ3n) is 5.40. The summed E-state index contributed by atoms with van der Waals surface area (Å²) < 4.78 is 100. The summed E-state index contributed by atoms with van der Waals surface area (Å²) in [6, 6.07) is 4.72. The van der Waals surface area contributed by atoms with Crippen LogP contribution in [0.5, 0.6) is 0 Å². The first-order valence-corrected chi connectivity index (χ1v) is 11.5. The Hall–Kier alpha value is -2.25. The van der Waals surface area contributed by atoms with E-state index in [1.807, 2.05) is 0 Å². The molecule has 4 rings (SSSR count). The minimum atomic E-state index is -5.02. The Bertz CT molecular complexity index is 1190. The number of amides is 1. The number of hydrogen-bond acceptors (Lipinski definition) is 4. The minimum Gasteiger partial charge on any atom is -0.444 e. The first kappa shape index (κ1) is 22.9. The SMILES string of the molecule is O=C1OCc2cc(Br)ccc2N1C1CCN(S(=O)(=O)c2c(F)c(F)c(F)c(F)c2F)CC1. The number of nitrogens with zero attached hydrogens (tertiary/aromatic N) is 2. The zero-order valence-electron chi connectivity index (χ0n) is 16.0. The van der Waals surface area contributed by atoms with Crippen LogP contribution in [0.4, 0.5) is 32.4 Å². The molecule has 2 aliphatic rings. The number of piperidine rings is 1. The van der Waals surface area contributed by atoms with Crippen molar-refractivity contribution in [2.45, 2.75) is 30.4 Å². The van der Waals surface area contributed by atoms with Gasteiger partial charge in [0.1, 0.15) is 6.61 Å². The van der Waals surface area contributed by atoms with Crippen LogP contribution in [0.1, 0.15) is 18.4 Å². The van der Waals surface area contributed by atoms with Gasteiger partial charge in [-0.3, -0.25) is 4.90 Å². The van der Waals surface area contributed by atoms with Crippen molar-refractivity contribution in [3.05, 3.63) is 57.3 Å². The minimum absolute atomic E-state index is 0.0548. The molecule has 2 aromatic carbocycles. The zero-order valence-corrected chi connectivity index (χ0v) is 18.5. The van der Waals surface area contributed by atoms with E-state index >= 15 is 0 Å². The van der Waals surface area contributed by atoms with Gasteiger partial charge in [-0.1, -0.05) is 15.9 Å². The molecule has 0 radical (unpaired) electrons. The van der Waals surface area contributed by atoms with E-state index in [1.54, 1.807) is 18.2 Å². The molecule has 1 saturated heterocycles. The Morgan fingerprint density at radius 1 is 0.938 bits per heavy atom. The molecule has 0 N–H and O–H groups in total. The largest absolute Gasteiger partial charge is 0.444 e. The number of fused-ring (bicyclic) bond motifs is 1. The number of carbonyl (C=O) groups is 1. The molecule has 2 heterocycles. The summed E-state index contributed by atoms with van der Waals surface area (Å²) in [5.41, 5.74) is 1.32. The summed E-state index contributed by atoms with van der Waals surface area (Å²) in [7, 11) is -5.02. The lowest BCUT2D eigenvalue weighted by atomic mass is 10.0. The molecule has 172 valence electrons. The third kappa shape index (κ3) is 3.65. The quantitative estimate of drug-likeness (QED) is 0.327. The molecule has 0 spiro atoms. The molecule has 6 nitrogen and oxygen atoms in total. The van der Waals surface area contributed by atoms with Crippen molar-refractivity contribution in [2.75, 3.05) is 18.0 Å². The van der Waals surface area contributed by atoms with E-state index in [0.717, 1.165) is 10.0 Å². The molecule has 13 heteroatoms. The molecular weight excluding hydrogens is 527 g/mol. The predicted octanol–water partition coefficient (Wildman–Crippen LogP) is 4.45. The fourth-order valence-corrected chi connectivity index (χ4v) is 5.83. The molecule has 0 aliphatic carbocycles. The van der Waals surface area contributed by atoms with E-state index in [0.29, 0.717) is 9.99 Å². The lowest BCUT2D eigenvalue weighted by molar-refractivity contribution is 0.135. The molecule has 2 aliphatic heterocycles. The summed E-state index contributed by atoms with van der Waals surface area (Å²) in [5.74, 6) is -11.9. The number of carbonyl (C=O) groups excluding carboxylic acids is 1. The number of anilines is 1. The maximum atomic E-state index is 14.1. The zero-order chi connectivity index (χ0) is 23.4. The van der Waals surface area contributed by atoms with Crippen LogP contribution >= 0.6 is 15.9 Å². The van der Waals surface area contributed by atoms with Crippen LogP contribution in [0.15, 0.2) is 27.6 Å². The smallest absolute Gasteiger partial charge is 0.414 e. The highest BCUT2D eigenvalue weighted by Gasteiger charge is 2.41. The number of cyclic esters (lactones) is 1. The molecule has 0 aromatic heterocycles. The Labute approximate surface area is 187 Å². The second-order valence-corrected chi connectivity index (χ2v) is 10.0. The van der Waals surface area contributed by atoms with E-state index in [9.17, 15) is 35.2 Å². The van der Waals surface area contributed by atoms with Crippen LogP contribution in [0, 0.1) is 29.1 Å². The van der Waals surface area contributed by atoms with Gasteiger partial charge in [0.25, 0.3) is 0 Å². The average molecular weight is 541 g/mol. The van der Waals surface area contributed by atoms with Crippen molar-refractivity contribution in [2.24, 2.45) is 0 Å². The average Bonchev–Trinajstić information content (AvgIpc) is 2.76. The monoisotopic (exact) mass is 540 g/mol. The Morgan fingerprint density at radius 2 is 1.50 bits per heavy atom. The third-order valence-corrected chi connectivity index (χ3v) is 7.82. The number of hydrogen-bond donors (Lipinski definition) is 0. The van der Waals surface area contributed by atoms with Crippen LogP contribution in [-0.4, -0.2) is 37.9 Å². The predicted molar refractivity (Wildman–Crippen MR) is 105 cm³/mol. The van der Waals surface area contributed by atoms with Gasteiger partial charge in [0, 0.05) is 29.2 Å². The topological polar surface area (TPSA) is 66.9 Å². The molecular formula is C19H14BrF5N2O4S. The van der Waals surface area contributed by atoms with E-state index in [2.05, 4.69) is 15.9 Å². The van der Waals surface area contributed by atoms with Crippen LogP contribution in [0.3, 0.4) is 0 Å². The van der Waals surface area contributed by atoms with Gasteiger partial charge < -0.3 is 4.74 Å². The van der Waals surface area contributed by atoms with Crippen molar-refractivity contribution in [3.8, 4) is 0 Å². The van der Waals surface area contributed by atoms with Crippen molar-refractivity contribution < 1.29 is 39.9 Å². The highest BCUT2D eigenvalue weighted by atomic mass is 79.9. The molecule has 0 unspecified atom stereocenters. The standard InChI is InChI=1S/C19H14BrF5N2O4S/c20-10-1-2-12-9(7-10)8-31-19(28)27(12)11-3-5-26(6-4-11)32(29,30)18-16(24)14(22)13(21)15(23)17(18)25/h1-2,7,11H,3-6,8H2. The Morgan fingerprint density at radius 3 is 2.09 bits per heavy atom. The van der Waals surface area contributed by atoms with Gasteiger partial charge in [-0.05, 0) is 31.0 Å². The number of sulfonamides is 1. The van der Waals surface area contributed by atoms with Crippen molar-refractivity contribution in [3.63, 3.8) is 0 Å². The molecule has 1 fully saturated rings. The molecule has 2 aromatic rings. The maximum Gasteiger partial charge on any atom is 0.414 e. The lowest BCUT2D eigenvalue weighted by Crippen LogP contribution is -2.50. The van der Waals surface area contributed by atoms with Crippen molar-refractivity contribution in [1.82, 2.24) is 4.31 Å². The van der Waals surface area contributed by atoms with Crippen LogP contribution in [0.25, 0.3) is 0 Å². The van der Waals surface area contributed by atoms with E-state index in [-0.39, 0.29) is 32.5 Å². The number of ether oxygens (including phenoxy) is 1. The van der Waals surface area contributed by atoms with Gasteiger partial charge in [0.15, 0.2) is 28.2 Å². The van der Waals surface area contributed by atoms with Crippen molar-refractivity contribution >= 4 is 37.7 Å². The summed E-state index contributed by atoms with van der Waals surface area (Å²) in [5, 5.41) is 0. The van der Waals surface area contributed by atoms with Gasteiger partial charge in [-0.25, -0.2) is 35.2 Å². The molecule has 32 heavy (non-hydrogen) atoms. The number of benzene rings is 2. The highest BCUT2D eigenvalue weighted by Crippen LogP contribution is 2.35. The summed E-state index contributed by atoms with van der Waals surface area (Å²) in [6.07, 6.45) is -0.515. The van der Waals surface area contributed by atoms with E-state index in [1.165, 1.54) is 4.90 Å². The van der Waals surface area contributed by atoms with Crippen LogP contribution in [0.2, 0.25) is 0 Å². The number of rotatable bonds is 3. The fraction of sp³-hybridized carbons (Fsp3) is 0.316. The van der Waals surface area contributed by atoms with Crippen molar-refractivity contribution in [1.29, 1.82) is 0 Å². The molecule has 0 bridgehead atoms. The van der Waals surface area contributed by atoms with Gasteiger partial charge in [0.05, 0.1) is 5.69 Å². The van der Waals surface area contributed by atoms with Crippen LogP contribution < -0.4 is 4.90 Å². The summed E-state index contributed by atoms with van der Waals surface area (Å²) in [6.45, 7) is -0.540. The summed E-state index contributed by atoms with van der Waals surface area (Å²) >= 11 is 3.33. The molecule has 1 amide bonds. The number of halogens is 6. The van der Waals surface area contributed by atoms with Gasteiger partial charge >= 0.3 is 6.09 Å². The van der Waals surface area contributed by atoms with E-state index in [4.69, 9.17) is 4.74 Å². The van der Waals surface area contributed by atoms with E-state index < -0.39 is 56.1 Å². The first-order valence-electron chi connectivity index (χ1n) is 9.30. The first-order chi connectivity index (χ1) is 15.0. The maximum absolute atomic E-state index is 14.1. The Kier molecular flexibility index (Phi) is 5.92. The van der Waals surface area contributed by atoms with Crippen LogP contribution in [-0.2, 0) is 21.4 Å².